The summed E-state index contributed by atoms with van der Waals surface area (Å²) < 4.78 is 2.37. The quantitative estimate of drug-likeness (QED) is 0.824. The Morgan fingerprint density at radius 3 is 2.53 bits per heavy atom. The van der Waals surface area contributed by atoms with Crippen molar-refractivity contribution in [3.8, 4) is 0 Å². The van der Waals surface area contributed by atoms with E-state index in [9.17, 15) is 0 Å². The van der Waals surface area contributed by atoms with E-state index >= 15 is 0 Å². The van der Waals surface area contributed by atoms with Crippen molar-refractivity contribution in [3.05, 3.63) is 30.0 Å². The van der Waals surface area contributed by atoms with Gasteiger partial charge in [-0.25, -0.2) is 0 Å². The molecule has 0 aliphatic rings. The molecule has 0 saturated carbocycles. The maximum absolute atomic E-state index is 5.88. The molecule has 1 heterocycles. The molecule has 0 radical (unpaired) electrons. The Balaban J connectivity index is 2.63. The Hall–Kier alpha value is -1.48. The SMILES string of the molecule is CC(C)n1c(CN(C)C)cc2ccc(N)cc21. The number of hydrogen-bond acceptors (Lipinski definition) is 2. The van der Waals surface area contributed by atoms with Crippen LogP contribution < -0.4 is 5.73 Å². The third kappa shape index (κ3) is 2.29. The summed E-state index contributed by atoms with van der Waals surface area (Å²) >= 11 is 0. The minimum absolute atomic E-state index is 0.448. The van der Waals surface area contributed by atoms with Crippen LogP contribution in [0, 0.1) is 0 Å². The molecule has 0 fully saturated rings. The highest BCUT2D eigenvalue weighted by molar-refractivity contribution is 5.84. The Labute approximate surface area is 103 Å². The smallest absolute Gasteiger partial charge is 0.0506 e. The van der Waals surface area contributed by atoms with Gasteiger partial charge < -0.3 is 15.2 Å². The molecule has 2 aromatic rings. The number of nitrogen functional groups attached to an aromatic ring is 1. The van der Waals surface area contributed by atoms with E-state index in [0.29, 0.717) is 6.04 Å². The molecule has 0 aliphatic carbocycles. The molecule has 0 amide bonds. The fourth-order valence-corrected chi connectivity index (χ4v) is 2.35. The Morgan fingerprint density at radius 2 is 1.94 bits per heavy atom. The van der Waals surface area contributed by atoms with Crippen molar-refractivity contribution >= 4 is 16.6 Å². The predicted molar refractivity (Wildman–Crippen MR) is 74.1 cm³/mol. The second kappa shape index (κ2) is 4.41. The zero-order valence-electron chi connectivity index (χ0n) is 11.1. The molecule has 2 rings (SSSR count). The molecule has 0 saturated heterocycles. The minimum atomic E-state index is 0.448. The van der Waals surface area contributed by atoms with Gasteiger partial charge in [0.15, 0.2) is 0 Å². The highest BCUT2D eigenvalue weighted by Crippen LogP contribution is 2.26. The summed E-state index contributed by atoms with van der Waals surface area (Å²) in [5.41, 5.74) is 9.28. The predicted octanol–water partition coefficient (Wildman–Crippen LogP) is 2.87. The van der Waals surface area contributed by atoms with Gasteiger partial charge in [-0.1, -0.05) is 6.07 Å². The molecule has 0 bridgehead atoms. The Morgan fingerprint density at radius 1 is 1.24 bits per heavy atom. The molecule has 92 valence electrons. The van der Waals surface area contributed by atoms with Crippen molar-refractivity contribution in [1.29, 1.82) is 0 Å². The highest BCUT2D eigenvalue weighted by Gasteiger charge is 2.12. The van der Waals surface area contributed by atoms with Gasteiger partial charge >= 0.3 is 0 Å². The van der Waals surface area contributed by atoms with Crippen LogP contribution in [0.2, 0.25) is 0 Å². The second-order valence-electron chi connectivity index (χ2n) is 5.16. The summed E-state index contributed by atoms with van der Waals surface area (Å²) in [6.45, 7) is 5.37. The van der Waals surface area contributed by atoms with Crippen LogP contribution >= 0.6 is 0 Å². The third-order valence-electron chi connectivity index (χ3n) is 2.94. The van der Waals surface area contributed by atoms with E-state index in [1.165, 1.54) is 16.6 Å². The molecule has 3 heteroatoms. The molecule has 0 unspecified atom stereocenters. The number of benzene rings is 1. The van der Waals surface area contributed by atoms with Crippen molar-refractivity contribution < 1.29 is 0 Å². The van der Waals surface area contributed by atoms with E-state index in [-0.39, 0.29) is 0 Å². The number of hydrogen-bond donors (Lipinski definition) is 1. The fourth-order valence-electron chi connectivity index (χ4n) is 2.35. The minimum Gasteiger partial charge on any atom is -0.399 e. The summed E-state index contributed by atoms with van der Waals surface area (Å²) in [6.07, 6.45) is 0. The van der Waals surface area contributed by atoms with Crippen LogP contribution in [0.1, 0.15) is 25.6 Å². The van der Waals surface area contributed by atoms with Crippen LogP contribution in [-0.4, -0.2) is 23.6 Å². The molecule has 2 N–H and O–H groups in total. The van der Waals surface area contributed by atoms with Gasteiger partial charge in [0, 0.05) is 29.4 Å². The summed E-state index contributed by atoms with van der Waals surface area (Å²) in [7, 11) is 4.19. The summed E-state index contributed by atoms with van der Waals surface area (Å²) in [6, 6.07) is 8.84. The van der Waals surface area contributed by atoms with Crippen LogP contribution in [0.15, 0.2) is 24.3 Å². The lowest BCUT2D eigenvalue weighted by atomic mass is 10.2. The van der Waals surface area contributed by atoms with E-state index in [0.717, 1.165) is 12.2 Å². The number of nitrogens with zero attached hydrogens (tertiary/aromatic N) is 2. The first-order valence-electron chi connectivity index (χ1n) is 6.03. The number of aromatic nitrogens is 1. The largest absolute Gasteiger partial charge is 0.399 e. The first-order valence-corrected chi connectivity index (χ1v) is 6.03. The molecule has 3 nitrogen and oxygen atoms in total. The standard InChI is InChI=1S/C14H21N3/c1-10(2)17-13(9-16(3)4)7-11-5-6-12(15)8-14(11)17/h5-8,10H,9,15H2,1-4H3. The second-order valence-corrected chi connectivity index (χ2v) is 5.16. The van der Waals surface area contributed by atoms with Crippen LogP contribution in [0.25, 0.3) is 10.9 Å². The number of nitrogens with two attached hydrogens (primary N) is 1. The van der Waals surface area contributed by atoms with E-state index in [1.807, 2.05) is 6.07 Å². The van der Waals surface area contributed by atoms with Crippen LogP contribution in [-0.2, 0) is 6.54 Å². The van der Waals surface area contributed by atoms with Gasteiger partial charge in [-0.2, -0.15) is 0 Å². The number of anilines is 1. The summed E-state index contributed by atoms with van der Waals surface area (Å²) in [4.78, 5) is 2.19. The maximum atomic E-state index is 5.88. The molecular weight excluding hydrogens is 210 g/mol. The third-order valence-corrected chi connectivity index (χ3v) is 2.94. The van der Waals surface area contributed by atoms with Crippen molar-refractivity contribution in [3.63, 3.8) is 0 Å². The molecule has 0 atom stereocenters. The topological polar surface area (TPSA) is 34.2 Å². The molecule has 0 aliphatic heterocycles. The zero-order chi connectivity index (χ0) is 12.6. The van der Waals surface area contributed by atoms with Gasteiger partial charge in [0.05, 0.1) is 5.52 Å². The lowest BCUT2D eigenvalue weighted by molar-refractivity contribution is 0.384. The number of fused-ring (bicyclic) bond motifs is 1. The first-order chi connectivity index (χ1) is 7.99. The van der Waals surface area contributed by atoms with Crippen molar-refractivity contribution in [2.75, 3.05) is 19.8 Å². The van der Waals surface area contributed by atoms with Crippen LogP contribution in [0.5, 0.6) is 0 Å². The zero-order valence-corrected chi connectivity index (χ0v) is 11.1. The summed E-state index contributed by atoms with van der Waals surface area (Å²) in [5, 5.41) is 1.27. The van der Waals surface area contributed by atoms with Gasteiger partial charge in [-0.3, -0.25) is 0 Å². The lowest BCUT2D eigenvalue weighted by Gasteiger charge is -2.17. The maximum Gasteiger partial charge on any atom is 0.0506 e. The fraction of sp³-hybridized carbons (Fsp3) is 0.429. The highest BCUT2D eigenvalue weighted by atomic mass is 15.1. The summed E-state index contributed by atoms with van der Waals surface area (Å²) in [5.74, 6) is 0. The van der Waals surface area contributed by atoms with Gasteiger partial charge in [0.2, 0.25) is 0 Å². The average molecular weight is 231 g/mol. The number of rotatable bonds is 3. The van der Waals surface area contributed by atoms with E-state index < -0.39 is 0 Å². The molecular formula is C14H21N3. The van der Waals surface area contributed by atoms with Gasteiger partial charge in [0.25, 0.3) is 0 Å². The molecule has 1 aromatic carbocycles. The van der Waals surface area contributed by atoms with Crippen molar-refractivity contribution in [2.45, 2.75) is 26.4 Å². The van der Waals surface area contributed by atoms with Crippen LogP contribution in [0.4, 0.5) is 5.69 Å². The molecule has 0 spiro atoms. The average Bonchev–Trinajstić information content (AvgIpc) is 2.53. The van der Waals surface area contributed by atoms with Crippen molar-refractivity contribution in [1.82, 2.24) is 9.47 Å². The monoisotopic (exact) mass is 231 g/mol. The normalized spacial score (nSPS) is 11.9. The Kier molecular flexibility index (Phi) is 3.11. The molecule has 17 heavy (non-hydrogen) atoms. The van der Waals surface area contributed by atoms with Gasteiger partial charge in [-0.15, -0.1) is 0 Å². The lowest BCUT2D eigenvalue weighted by Crippen LogP contribution is -2.15. The van der Waals surface area contributed by atoms with Crippen molar-refractivity contribution in [2.24, 2.45) is 0 Å². The Bertz CT molecular complexity index is 523. The van der Waals surface area contributed by atoms with Crippen LogP contribution in [0.3, 0.4) is 0 Å². The van der Waals surface area contributed by atoms with E-state index in [4.69, 9.17) is 5.73 Å². The van der Waals surface area contributed by atoms with Gasteiger partial charge in [0.1, 0.15) is 0 Å². The molecule has 1 aromatic heterocycles. The van der Waals surface area contributed by atoms with Gasteiger partial charge in [-0.05, 0) is 46.1 Å². The van der Waals surface area contributed by atoms with E-state index in [1.54, 1.807) is 0 Å². The van der Waals surface area contributed by atoms with E-state index in [2.05, 4.69) is 55.6 Å². The first kappa shape index (κ1) is 12.0.